The average Bonchev–Trinajstić information content (AvgIpc) is 1.45. The standard InChI is InChI=1S/C26H31N2O.3C25H29N2O.C24H27N2O/c1-15(2)12-19-14-28(7)23(13-22(19)16(3)4)24-17(5)8-10-20-21-11-9-18(6)27-26(21)29-25(20)24;2*1-14(2)20-12-22(27(7)13-21(20)15(3)4)23-16(5)8-10-18-19-11-9-17(6)26-25(19)28-24(18)23;1-15(2)12-18-14-27(6)22(13-21(18)16(3)4)23-17(5)9-10-19-20-8-7-11-26-25(20)28-24(19)23;1-14(2)19-12-21(26(6)13-20(19)15(3)4)22-16(5)9-10-17-18-8-7-11-25-24(18)27-23(17)22/h8-11,13-16H,12H2,1-7H3;2*8-15H,1-7H3;7-11,13-16H,12H2,1-6H3;7-15H,1-6H3/q5*+1/i;1D3,3D3,4D3,14D,15D;14D;;1D3,3D3,4D3,14D,15D. The van der Waals surface area contributed by atoms with Gasteiger partial charge in [-0.25, -0.2) is 47.8 Å². The van der Waals surface area contributed by atoms with Gasteiger partial charge < -0.3 is 22.1 Å². The molecule has 720 valence electrons. The van der Waals surface area contributed by atoms with Gasteiger partial charge in [-0.2, -0.15) is 0 Å². The second-order valence-corrected chi connectivity index (χ2v) is 39.8. The molecule has 2 atom stereocenters. The predicted octanol–water partition coefficient (Wildman–Crippen LogP) is 31.2. The first-order valence-corrected chi connectivity index (χ1v) is 48.2. The van der Waals surface area contributed by atoms with Gasteiger partial charge in [-0.3, -0.25) is 0 Å². The third-order valence-corrected chi connectivity index (χ3v) is 26.7. The van der Waals surface area contributed by atoms with Gasteiger partial charge in [0.25, 0.3) is 0 Å². The number of hydrogen-bond acceptors (Lipinski definition) is 10. The Hall–Kier alpha value is -13.4. The van der Waals surface area contributed by atoms with Gasteiger partial charge in [0.05, 0.1) is 27.8 Å². The second-order valence-electron chi connectivity index (χ2n) is 39.8. The van der Waals surface area contributed by atoms with E-state index in [9.17, 15) is 0 Å². The van der Waals surface area contributed by atoms with E-state index >= 15 is 0 Å². The molecular formula is C125H145N10O5+5. The predicted molar refractivity (Wildman–Crippen MR) is 578 cm³/mol. The molecule has 15 heterocycles. The smallest absolute Gasteiger partial charge is 0.227 e. The van der Waals surface area contributed by atoms with E-state index in [2.05, 4.69) is 247 Å². The van der Waals surface area contributed by atoms with E-state index in [1.54, 1.807) is 25.5 Å². The number of nitrogens with zero attached hydrogens (tertiary/aromatic N) is 10. The fourth-order valence-corrected chi connectivity index (χ4v) is 19.7. The van der Waals surface area contributed by atoms with Crippen molar-refractivity contribution in [3.05, 3.63) is 296 Å². The molecule has 5 aromatic carbocycles. The molecule has 0 N–H and O–H groups in total. The zero-order valence-electron chi connectivity index (χ0n) is 109. The number of rotatable bonds is 17. The Morgan fingerprint density at radius 3 is 0.771 bits per heavy atom. The number of furan rings is 5. The normalized spacial score (nSPS) is 16.0. The minimum Gasteiger partial charge on any atom is -0.437 e. The highest BCUT2D eigenvalue weighted by molar-refractivity contribution is 6.13. The Kier molecular flexibility index (Phi) is 21.3. The SMILES string of the molecule is Cc1ccc2c(n1)oc1c(-c3cc(C(C)C)c(CC(C)C)c[n+]3C)c(C)ccc12.Cc1ccc2c(oc3ncccc32)c1-c1cc(C(C)C)c(CC(C)C)c[n+]1C.[2H]C(C)(C)c1cc(-c2c(C)ccc3c2oc2nc(C)ccc23)[n+](C)cc1C(C)C.[2H]C([2H])([2H])C([2H])(C)c1cc(-c2c(C)ccc3c2oc2nc(C)ccc23)[n+](C)cc1C([2H])(C([2H])([2H])[2H])C([2H])([2H])[2H].[2H]C([2H])([2H])C([2H])(C)c1cc(-c2c(C)ccc3c2oc2ncccc23)[n+](C)cc1C([2H])(C([2H])([2H])[2H])C([2H])([2H])[2H]. The van der Waals surface area contributed by atoms with Gasteiger partial charge in [0, 0.05) is 173 Å². The zero-order valence-corrected chi connectivity index (χ0v) is 85.8. The van der Waals surface area contributed by atoms with E-state index in [4.69, 9.17) is 53.6 Å². The molecule has 20 rings (SSSR count). The molecule has 0 amide bonds. The Labute approximate surface area is 860 Å². The maximum absolute atomic E-state index is 8.85. The third kappa shape index (κ3) is 19.5. The van der Waals surface area contributed by atoms with Crippen molar-refractivity contribution < 1.29 is 76.4 Å². The lowest BCUT2D eigenvalue weighted by Gasteiger charge is -2.16. The van der Waals surface area contributed by atoms with Gasteiger partial charge in [0.15, 0.2) is 58.9 Å². The lowest BCUT2D eigenvalue weighted by atomic mass is 9.90. The quantitative estimate of drug-likeness (QED) is 0.0806. The Balaban J connectivity index is 0.000000144. The van der Waals surface area contributed by atoms with Crippen molar-refractivity contribution >= 4 is 110 Å². The summed E-state index contributed by atoms with van der Waals surface area (Å²) >= 11 is 0. The summed E-state index contributed by atoms with van der Waals surface area (Å²) in [5, 5.41) is 9.52. The summed E-state index contributed by atoms with van der Waals surface area (Å²) in [6, 6.07) is 49.6. The topological polar surface area (TPSA) is 150 Å². The van der Waals surface area contributed by atoms with E-state index in [1.165, 1.54) is 84.2 Å². The lowest BCUT2D eigenvalue weighted by Crippen LogP contribution is -2.32. The molecule has 15 nitrogen and oxygen atoms in total. The van der Waals surface area contributed by atoms with Gasteiger partial charge in [-0.1, -0.05) is 199 Å². The minimum absolute atomic E-state index is 0.352. The fraction of sp³-hybridized carbons (Fsp3) is 0.360. The van der Waals surface area contributed by atoms with Crippen molar-refractivity contribution in [2.45, 2.75) is 253 Å². The highest BCUT2D eigenvalue weighted by atomic mass is 16.4. The number of benzene rings is 5. The summed E-state index contributed by atoms with van der Waals surface area (Å²) in [5.74, 6) is -9.43. The highest BCUT2D eigenvalue weighted by Crippen LogP contribution is 2.46. The van der Waals surface area contributed by atoms with E-state index in [1.807, 2.05) is 103 Å². The van der Waals surface area contributed by atoms with E-state index in [-0.39, 0.29) is 5.56 Å². The molecule has 0 bridgehead atoms. The summed E-state index contributed by atoms with van der Waals surface area (Å²) in [6.07, 6.45) is 14.7. The van der Waals surface area contributed by atoms with Gasteiger partial charge in [0.1, 0.15) is 35.2 Å². The number of pyridine rings is 10. The highest BCUT2D eigenvalue weighted by Gasteiger charge is 2.33. The van der Waals surface area contributed by atoms with Crippen LogP contribution in [0.1, 0.15) is 317 Å². The molecule has 0 aliphatic carbocycles. The summed E-state index contributed by atoms with van der Waals surface area (Å²) in [5.41, 5.74) is 28.9. The first kappa shape index (κ1) is 73.7. The molecule has 0 fully saturated rings. The molecule has 0 spiro atoms. The maximum atomic E-state index is 8.85. The largest absolute Gasteiger partial charge is 0.437 e. The van der Waals surface area contributed by atoms with E-state index < -0.39 is 87.3 Å². The first-order valence-electron chi connectivity index (χ1n) is 59.7. The van der Waals surface area contributed by atoms with Crippen molar-refractivity contribution in [1.82, 2.24) is 24.9 Å². The molecule has 0 radical (unpaired) electrons. The van der Waals surface area contributed by atoms with E-state index in [0.717, 1.165) is 172 Å². The van der Waals surface area contributed by atoms with Crippen LogP contribution in [0.5, 0.6) is 0 Å². The van der Waals surface area contributed by atoms with Crippen LogP contribution in [0.15, 0.2) is 217 Å². The van der Waals surface area contributed by atoms with Crippen LogP contribution in [0.3, 0.4) is 0 Å². The number of fused-ring (bicyclic) bond motifs is 15. The van der Waals surface area contributed by atoms with Gasteiger partial charge >= 0.3 is 0 Å². The molecule has 140 heavy (non-hydrogen) atoms. The third-order valence-electron chi connectivity index (χ3n) is 26.7. The van der Waals surface area contributed by atoms with Crippen LogP contribution in [-0.4, -0.2) is 24.9 Å². The Morgan fingerprint density at radius 2 is 0.507 bits per heavy atom. The first-order chi connectivity index (χ1) is 75.6. The van der Waals surface area contributed by atoms with Gasteiger partial charge in [-0.15, -0.1) is 0 Å². The van der Waals surface area contributed by atoms with Crippen molar-refractivity contribution in [3.63, 3.8) is 0 Å². The molecular weight excluding hydrogens is 1720 g/mol. The second kappa shape index (κ2) is 40.4. The monoisotopic (exact) mass is 1890 g/mol. The summed E-state index contributed by atoms with van der Waals surface area (Å²) in [7, 11) is 9.44. The molecule has 2 unspecified atom stereocenters. The van der Waals surface area contributed by atoms with Crippen LogP contribution in [0.4, 0.5) is 0 Å². The van der Waals surface area contributed by atoms with Crippen LogP contribution in [0.2, 0.25) is 0 Å². The summed E-state index contributed by atoms with van der Waals surface area (Å²) < 4.78 is 229. The fourth-order valence-electron chi connectivity index (χ4n) is 19.7. The molecule has 0 saturated heterocycles. The molecule has 0 saturated carbocycles. The maximum Gasteiger partial charge on any atom is 0.227 e. The Morgan fingerprint density at radius 1 is 0.264 bits per heavy atom. The van der Waals surface area contributed by atoms with E-state index in [0.29, 0.717) is 86.1 Å². The summed E-state index contributed by atoms with van der Waals surface area (Å²) in [4.78, 5) is 22.4. The van der Waals surface area contributed by atoms with Gasteiger partial charge in [0.2, 0.25) is 57.0 Å². The number of aromatic nitrogens is 10. The molecule has 15 aromatic heterocycles. The van der Waals surface area contributed by atoms with Gasteiger partial charge in [-0.05, 0) is 244 Å². The van der Waals surface area contributed by atoms with Crippen LogP contribution in [-0.2, 0) is 48.1 Å². The molecule has 0 aliphatic heterocycles. The number of hydrogen-bond donors (Lipinski definition) is 0. The minimum atomic E-state index is -3.37. The Bertz CT molecular complexity index is 9190. The van der Waals surface area contributed by atoms with Crippen molar-refractivity contribution in [1.29, 1.82) is 0 Å². The van der Waals surface area contributed by atoms with Crippen LogP contribution in [0.25, 0.3) is 167 Å². The molecule has 20 aromatic rings. The lowest BCUT2D eigenvalue weighted by molar-refractivity contribution is -0.661. The van der Waals surface area contributed by atoms with Crippen molar-refractivity contribution in [3.8, 4) is 56.3 Å². The zero-order chi connectivity index (χ0) is 120. The van der Waals surface area contributed by atoms with Crippen molar-refractivity contribution in [2.75, 3.05) is 0 Å². The number of aryl methyl sites for hydroxylation is 13. The molecule has 15 heteroatoms. The van der Waals surface area contributed by atoms with Crippen LogP contribution in [0, 0.1) is 67.2 Å². The molecule has 0 aliphatic rings. The van der Waals surface area contributed by atoms with Crippen LogP contribution >= 0.6 is 0 Å². The van der Waals surface area contributed by atoms with Crippen LogP contribution < -0.4 is 22.8 Å². The van der Waals surface area contributed by atoms with Crippen molar-refractivity contribution in [2.24, 2.45) is 47.1 Å². The average molecular weight is 1890 g/mol. The summed E-state index contributed by atoms with van der Waals surface area (Å²) in [6.45, 7) is 25.1.